The van der Waals surface area contributed by atoms with Crippen LogP contribution >= 0.6 is 0 Å². The number of halogens is 2. The van der Waals surface area contributed by atoms with Crippen molar-refractivity contribution in [2.75, 3.05) is 11.8 Å². The van der Waals surface area contributed by atoms with E-state index in [0.717, 1.165) is 18.2 Å². The number of methoxy groups -OCH3 is 1. The van der Waals surface area contributed by atoms with Crippen LogP contribution in [0.25, 0.3) is 0 Å². The Morgan fingerprint density at radius 1 is 1.26 bits per heavy atom. The molecule has 0 heterocycles. The van der Waals surface area contributed by atoms with E-state index in [0.29, 0.717) is 0 Å². The zero-order valence-corrected chi connectivity index (χ0v) is 11.1. The van der Waals surface area contributed by atoms with E-state index in [1.54, 1.807) is 0 Å². The molecule has 0 amide bonds. The average molecular weight is 316 g/mol. The molecule has 0 atom stereocenters. The normalized spacial score (nSPS) is 12.5. The quantitative estimate of drug-likeness (QED) is 0.811. The molecule has 0 fully saturated rings. The zero-order chi connectivity index (χ0) is 14.8. The van der Waals surface area contributed by atoms with Crippen molar-refractivity contribution < 1.29 is 30.4 Å². The summed E-state index contributed by atoms with van der Waals surface area (Å²) in [6.07, 6.45) is 0. The minimum absolute atomic E-state index is 0.137. The summed E-state index contributed by atoms with van der Waals surface area (Å²) in [5, 5.41) is 4.89. The summed E-state index contributed by atoms with van der Waals surface area (Å²) < 4.78 is 74.9. The zero-order valence-electron chi connectivity index (χ0n) is 9.50. The molecule has 7 nitrogen and oxygen atoms in total. The van der Waals surface area contributed by atoms with Crippen molar-refractivity contribution in [1.82, 2.24) is 0 Å². The molecule has 0 aliphatic rings. The highest BCUT2D eigenvalue weighted by atomic mass is 32.2. The number of ether oxygens (including phenoxy) is 1. The second-order valence-corrected chi connectivity index (χ2v) is 6.50. The molecule has 0 bridgehead atoms. The molecule has 108 valence electrons. The van der Waals surface area contributed by atoms with Gasteiger partial charge in [0, 0.05) is 0 Å². The van der Waals surface area contributed by atoms with Crippen LogP contribution in [0.2, 0.25) is 0 Å². The van der Waals surface area contributed by atoms with Crippen LogP contribution in [-0.2, 0) is 20.0 Å². The van der Waals surface area contributed by atoms with Crippen LogP contribution in [0.15, 0.2) is 23.1 Å². The van der Waals surface area contributed by atoms with Gasteiger partial charge in [0.15, 0.2) is 0 Å². The van der Waals surface area contributed by atoms with E-state index >= 15 is 0 Å². The van der Waals surface area contributed by atoms with Gasteiger partial charge in [-0.05, 0) is 18.2 Å². The second kappa shape index (κ2) is 5.27. The number of sulfonamides is 2. The minimum atomic E-state index is -4.89. The predicted molar refractivity (Wildman–Crippen MR) is 62.9 cm³/mol. The Morgan fingerprint density at radius 2 is 1.84 bits per heavy atom. The summed E-state index contributed by atoms with van der Waals surface area (Å²) in [4.78, 5) is -0.524. The third kappa shape index (κ3) is 3.75. The van der Waals surface area contributed by atoms with E-state index in [9.17, 15) is 25.6 Å². The molecule has 0 saturated carbocycles. The van der Waals surface area contributed by atoms with Gasteiger partial charge in [0.1, 0.15) is 10.6 Å². The summed E-state index contributed by atoms with van der Waals surface area (Å²) in [6.45, 7) is 0. The minimum Gasteiger partial charge on any atom is -0.495 e. The number of primary sulfonamides is 1. The van der Waals surface area contributed by atoms with Crippen LogP contribution in [0.4, 0.5) is 14.5 Å². The van der Waals surface area contributed by atoms with Crippen LogP contribution in [0.3, 0.4) is 0 Å². The molecular weight excluding hydrogens is 306 g/mol. The van der Waals surface area contributed by atoms with Crippen molar-refractivity contribution in [2.24, 2.45) is 5.14 Å². The first-order chi connectivity index (χ1) is 8.58. The lowest BCUT2D eigenvalue weighted by atomic mass is 10.3. The van der Waals surface area contributed by atoms with E-state index in [4.69, 9.17) is 9.88 Å². The summed E-state index contributed by atoms with van der Waals surface area (Å²) in [6, 6.07) is 2.94. The Morgan fingerprint density at radius 3 is 2.26 bits per heavy atom. The van der Waals surface area contributed by atoms with E-state index in [1.807, 2.05) is 0 Å². The Hall–Kier alpha value is -1.46. The molecule has 0 aliphatic carbocycles. The summed E-state index contributed by atoms with van der Waals surface area (Å²) >= 11 is 0. The van der Waals surface area contributed by atoms with Crippen LogP contribution in [0.1, 0.15) is 0 Å². The van der Waals surface area contributed by atoms with Gasteiger partial charge in [-0.15, -0.1) is 0 Å². The standard InChI is InChI=1S/C8H10F2N2O5S2/c1-17-6-3-2-5(4-7(6)18(11,13)14)12-19(15,16)8(9)10/h2-4,8,12H,1H3,(H2,11,13,14). The number of anilines is 1. The van der Waals surface area contributed by atoms with Crippen LogP contribution < -0.4 is 14.6 Å². The fourth-order valence-electron chi connectivity index (χ4n) is 1.17. The number of rotatable bonds is 5. The van der Waals surface area contributed by atoms with Crippen molar-refractivity contribution in [3.05, 3.63) is 18.2 Å². The number of alkyl halides is 2. The fraction of sp³-hybridized carbons (Fsp3) is 0.250. The van der Waals surface area contributed by atoms with Gasteiger partial charge < -0.3 is 4.74 Å². The smallest absolute Gasteiger partial charge is 0.355 e. The molecule has 0 unspecified atom stereocenters. The molecule has 0 saturated heterocycles. The van der Waals surface area contributed by atoms with Crippen LogP contribution in [0.5, 0.6) is 5.75 Å². The number of hydrogen-bond donors (Lipinski definition) is 2. The van der Waals surface area contributed by atoms with Crippen LogP contribution in [0, 0.1) is 0 Å². The van der Waals surface area contributed by atoms with Gasteiger partial charge in [0.25, 0.3) is 10.0 Å². The summed E-state index contributed by atoms with van der Waals surface area (Å²) in [7, 11) is -7.91. The average Bonchev–Trinajstić information content (AvgIpc) is 2.27. The molecule has 0 radical (unpaired) electrons. The lowest BCUT2D eigenvalue weighted by Crippen LogP contribution is -2.21. The lowest BCUT2D eigenvalue weighted by Gasteiger charge is -2.11. The predicted octanol–water partition coefficient (Wildman–Crippen LogP) is 0.307. The van der Waals surface area contributed by atoms with E-state index in [-0.39, 0.29) is 11.4 Å². The molecule has 11 heteroatoms. The third-order valence-electron chi connectivity index (χ3n) is 1.96. The van der Waals surface area contributed by atoms with Crippen LogP contribution in [-0.4, -0.2) is 29.7 Å². The Labute approximate surface area is 108 Å². The van der Waals surface area contributed by atoms with Gasteiger partial charge in [0.2, 0.25) is 10.0 Å². The highest BCUT2D eigenvalue weighted by Gasteiger charge is 2.25. The van der Waals surface area contributed by atoms with Crippen molar-refractivity contribution in [3.63, 3.8) is 0 Å². The molecule has 1 aromatic carbocycles. The monoisotopic (exact) mass is 316 g/mol. The van der Waals surface area contributed by atoms with Gasteiger partial charge in [-0.3, -0.25) is 4.72 Å². The Balaban J connectivity index is 3.28. The maximum atomic E-state index is 12.2. The summed E-state index contributed by atoms with van der Waals surface area (Å²) in [5.74, 6) is -3.78. The molecule has 0 spiro atoms. The van der Waals surface area contributed by atoms with Gasteiger partial charge in [-0.2, -0.15) is 8.78 Å². The second-order valence-electron chi connectivity index (χ2n) is 3.32. The number of nitrogens with two attached hydrogens (primary N) is 1. The first kappa shape index (κ1) is 15.6. The van der Waals surface area contributed by atoms with Gasteiger partial charge >= 0.3 is 5.76 Å². The Kier molecular flexibility index (Phi) is 4.32. The van der Waals surface area contributed by atoms with Gasteiger partial charge in [-0.25, -0.2) is 22.0 Å². The van der Waals surface area contributed by atoms with Crippen molar-refractivity contribution in [1.29, 1.82) is 0 Å². The number of nitrogens with one attached hydrogen (secondary N) is 1. The Bertz CT molecular complexity index is 672. The first-order valence-electron chi connectivity index (χ1n) is 4.58. The molecule has 0 aromatic heterocycles. The molecule has 0 aliphatic heterocycles. The topological polar surface area (TPSA) is 116 Å². The maximum absolute atomic E-state index is 12.2. The SMILES string of the molecule is COc1ccc(NS(=O)(=O)C(F)F)cc1S(N)(=O)=O. The third-order valence-corrected chi connectivity index (χ3v) is 3.89. The highest BCUT2D eigenvalue weighted by molar-refractivity contribution is 7.93. The van der Waals surface area contributed by atoms with E-state index < -0.39 is 30.7 Å². The van der Waals surface area contributed by atoms with E-state index in [1.165, 1.54) is 11.8 Å². The van der Waals surface area contributed by atoms with Crippen molar-refractivity contribution in [2.45, 2.75) is 10.7 Å². The molecule has 3 N–H and O–H groups in total. The molecular formula is C8H10F2N2O5S2. The number of hydrogen-bond acceptors (Lipinski definition) is 5. The van der Waals surface area contributed by atoms with Gasteiger partial charge in [-0.1, -0.05) is 0 Å². The van der Waals surface area contributed by atoms with Gasteiger partial charge in [0.05, 0.1) is 12.8 Å². The fourth-order valence-corrected chi connectivity index (χ4v) is 2.44. The molecule has 1 aromatic rings. The molecule has 19 heavy (non-hydrogen) atoms. The largest absolute Gasteiger partial charge is 0.495 e. The highest BCUT2D eigenvalue weighted by Crippen LogP contribution is 2.27. The summed E-state index contributed by atoms with van der Waals surface area (Å²) in [5.41, 5.74) is -0.370. The first-order valence-corrected chi connectivity index (χ1v) is 7.68. The van der Waals surface area contributed by atoms with E-state index in [2.05, 4.69) is 0 Å². The molecule has 1 rings (SSSR count). The van der Waals surface area contributed by atoms with Crippen molar-refractivity contribution >= 4 is 25.7 Å². The lowest BCUT2D eigenvalue weighted by molar-refractivity contribution is 0.236. The number of benzene rings is 1. The van der Waals surface area contributed by atoms with Crippen molar-refractivity contribution in [3.8, 4) is 5.75 Å². The maximum Gasteiger partial charge on any atom is 0.355 e.